The first-order valence-corrected chi connectivity index (χ1v) is 3.91. The summed E-state index contributed by atoms with van der Waals surface area (Å²) in [5.41, 5.74) is 2.11. The van der Waals surface area contributed by atoms with E-state index in [1.54, 1.807) is 0 Å². The molecular formula is C9H10O3. The Labute approximate surface area is 70.5 Å². The summed E-state index contributed by atoms with van der Waals surface area (Å²) in [5, 5.41) is 8.51. The van der Waals surface area contributed by atoms with Crippen molar-refractivity contribution in [2.24, 2.45) is 0 Å². The second kappa shape index (κ2) is 3.23. The van der Waals surface area contributed by atoms with Gasteiger partial charge in [0.15, 0.2) is 0 Å². The summed E-state index contributed by atoms with van der Waals surface area (Å²) in [6, 6.07) is 7.79. The van der Waals surface area contributed by atoms with Crippen molar-refractivity contribution in [2.45, 2.75) is 12.7 Å². The minimum Gasteiger partial charge on any atom is -0.346 e. The summed E-state index contributed by atoms with van der Waals surface area (Å²) >= 11 is 0. The van der Waals surface area contributed by atoms with Crippen molar-refractivity contribution in [3.05, 3.63) is 35.4 Å². The Bertz CT molecular complexity index is 272. The molecule has 0 aromatic heterocycles. The van der Waals surface area contributed by atoms with Gasteiger partial charge in [-0.1, -0.05) is 24.3 Å². The summed E-state index contributed by atoms with van der Waals surface area (Å²) < 4.78 is 5.18. The van der Waals surface area contributed by atoms with Gasteiger partial charge in [0.2, 0.25) is 6.29 Å². The van der Waals surface area contributed by atoms with Crippen LogP contribution in [0.2, 0.25) is 0 Å². The monoisotopic (exact) mass is 166 g/mol. The zero-order valence-corrected chi connectivity index (χ0v) is 6.56. The second-order valence-electron chi connectivity index (χ2n) is 2.76. The van der Waals surface area contributed by atoms with Gasteiger partial charge in [-0.15, -0.1) is 0 Å². The molecular weight excluding hydrogens is 156 g/mol. The number of benzene rings is 1. The third kappa shape index (κ3) is 1.22. The van der Waals surface area contributed by atoms with Crippen LogP contribution in [0.1, 0.15) is 17.4 Å². The maximum atomic E-state index is 8.51. The maximum absolute atomic E-state index is 8.51. The van der Waals surface area contributed by atoms with Crippen LogP contribution in [0.25, 0.3) is 0 Å². The van der Waals surface area contributed by atoms with Crippen molar-refractivity contribution >= 4 is 0 Å². The summed E-state index contributed by atoms with van der Waals surface area (Å²) in [5.74, 6) is 0. The largest absolute Gasteiger partial charge is 0.346 e. The highest BCUT2D eigenvalue weighted by Crippen LogP contribution is 2.26. The number of hydrogen-bond donors (Lipinski definition) is 1. The highest BCUT2D eigenvalue weighted by molar-refractivity contribution is 5.29. The molecule has 0 radical (unpaired) electrons. The van der Waals surface area contributed by atoms with Crippen LogP contribution in [0.4, 0.5) is 0 Å². The van der Waals surface area contributed by atoms with Gasteiger partial charge in [0.05, 0.1) is 6.61 Å². The van der Waals surface area contributed by atoms with Crippen LogP contribution in [0.15, 0.2) is 24.3 Å². The van der Waals surface area contributed by atoms with E-state index in [9.17, 15) is 0 Å². The normalized spacial score (nSPS) is 21.9. The van der Waals surface area contributed by atoms with E-state index >= 15 is 0 Å². The first-order chi connectivity index (χ1) is 5.92. The van der Waals surface area contributed by atoms with Gasteiger partial charge in [0.25, 0.3) is 0 Å². The molecule has 64 valence electrons. The van der Waals surface area contributed by atoms with Crippen molar-refractivity contribution in [1.82, 2.24) is 0 Å². The molecule has 1 aliphatic rings. The molecule has 0 saturated heterocycles. The van der Waals surface area contributed by atoms with Gasteiger partial charge in [-0.25, -0.2) is 10.1 Å². The Hall–Kier alpha value is -0.900. The zero-order chi connectivity index (χ0) is 8.39. The third-order valence-corrected chi connectivity index (χ3v) is 2.05. The van der Waals surface area contributed by atoms with Gasteiger partial charge in [0.1, 0.15) is 0 Å². The van der Waals surface area contributed by atoms with Crippen molar-refractivity contribution in [3.8, 4) is 0 Å². The summed E-state index contributed by atoms with van der Waals surface area (Å²) in [7, 11) is 0. The van der Waals surface area contributed by atoms with Gasteiger partial charge in [-0.05, 0) is 12.0 Å². The van der Waals surface area contributed by atoms with Gasteiger partial charge < -0.3 is 4.74 Å². The van der Waals surface area contributed by atoms with Crippen LogP contribution in [-0.2, 0) is 16.0 Å². The predicted octanol–water partition coefficient (Wildman–Crippen LogP) is 1.75. The molecule has 1 unspecified atom stereocenters. The van der Waals surface area contributed by atoms with E-state index in [4.69, 9.17) is 9.99 Å². The number of hydrogen-bond acceptors (Lipinski definition) is 3. The van der Waals surface area contributed by atoms with E-state index in [-0.39, 0.29) is 0 Å². The van der Waals surface area contributed by atoms with Crippen molar-refractivity contribution in [1.29, 1.82) is 0 Å². The Morgan fingerprint density at radius 2 is 2.25 bits per heavy atom. The highest BCUT2D eigenvalue weighted by Gasteiger charge is 2.20. The molecule has 0 spiro atoms. The van der Waals surface area contributed by atoms with Crippen molar-refractivity contribution in [3.63, 3.8) is 0 Å². The molecule has 1 N–H and O–H groups in total. The van der Waals surface area contributed by atoms with Gasteiger partial charge >= 0.3 is 0 Å². The van der Waals surface area contributed by atoms with E-state index in [0.717, 1.165) is 12.0 Å². The van der Waals surface area contributed by atoms with Crippen LogP contribution in [0, 0.1) is 0 Å². The third-order valence-electron chi connectivity index (χ3n) is 2.05. The first kappa shape index (κ1) is 7.73. The molecule has 0 amide bonds. The van der Waals surface area contributed by atoms with Crippen molar-refractivity contribution < 1.29 is 14.9 Å². The average molecular weight is 166 g/mol. The van der Waals surface area contributed by atoms with E-state index in [1.807, 2.05) is 24.3 Å². The Balaban J connectivity index is 2.37. The molecule has 0 bridgehead atoms. The van der Waals surface area contributed by atoms with Crippen LogP contribution < -0.4 is 0 Å². The molecule has 1 heterocycles. The second-order valence-corrected chi connectivity index (χ2v) is 2.76. The molecule has 0 fully saturated rings. The number of fused-ring (bicyclic) bond motifs is 1. The Morgan fingerprint density at radius 1 is 1.42 bits per heavy atom. The van der Waals surface area contributed by atoms with E-state index in [2.05, 4.69) is 4.89 Å². The fourth-order valence-electron chi connectivity index (χ4n) is 1.44. The van der Waals surface area contributed by atoms with E-state index < -0.39 is 6.29 Å². The molecule has 0 aliphatic carbocycles. The molecule has 1 aliphatic heterocycles. The highest BCUT2D eigenvalue weighted by atomic mass is 17.1. The van der Waals surface area contributed by atoms with E-state index in [1.165, 1.54) is 5.56 Å². The summed E-state index contributed by atoms with van der Waals surface area (Å²) in [6.45, 7) is 0.599. The summed E-state index contributed by atoms with van der Waals surface area (Å²) in [6.07, 6.45) is 0.283. The molecule has 1 atom stereocenters. The minimum atomic E-state index is -0.602. The van der Waals surface area contributed by atoms with Gasteiger partial charge in [-0.2, -0.15) is 0 Å². The SMILES string of the molecule is OOC1OCCc2ccccc21. The molecule has 3 nitrogen and oxygen atoms in total. The lowest BCUT2D eigenvalue weighted by molar-refractivity contribution is -0.353. The Morgan fingerprint density at radius 3 is 3.08 bits per heavy atom. The van der Waals surface area contributed by atoms with Crippen LogP contribution >= 0.6 is 0 Å². The molecule has 2 rings (SSSR count). The fraction of sp³-hybridized carbons (Fsp3) is 0.333. The van der Waals surface area contributed by atoms with Crippen molar-refractivity contribution in [2.75, 3.05) is 6.61 Å². The number of rotatable bonds is 1. The quantitative estimate of drug-likeness (QED) is 0.510. The molecule has 0 saturated carbocycles. The predicted molar refractivity (Wildman–Crippen MR) is 42.6 cm³/mol. The molecule has 3 heteroatoms. The Kier molecular flexibility index (Phi) is 2.08. The van der Waals surface area contributed by atoms with E-state index in [0.29, 0.717) is 6.61 Å². The lowest BCUT2D eigenvalue weighted by Gasteiger charge is -2.22. The van der Waals surface area contributed by atoms with Crippen LogP contribution in [-0.4, -0.2) is 11.9 Å². The van der Waals surface area contributed by atoms with Crippen LogP contribution in [0.5, 0.6) is 0 Å². The fourth-order valence-corrected chi connectivity index (χ4v) is 1.44. The molecule has 1 aromatic carbocycles. The molecule has 12 heavy (non-hydrogen) atoms. The average Bonchev–Trinajstić information content (AvgIpc) is 2.17. The lowest BCUT2D eigenvalue weighted by atomic mass is 10.0. The number of ether oxygens (including phenoxy) is 1. The smallest absolute Gasteiger partial charge is 0.217 e. The molecule has 1 aromatic rings. The van der Waals surface area contributed by atoms with Crippen LogP contribution in [0.3, 0.4) is 0 Å². The summed E-state index contributed by atoms with van der Waals surface area (Å²) in [4.78, 5) is 4.20. The first-order valence-electron chi connectivity index (χ1n) is 3.91. The van der Waals surface area contributed by atoms with Gasteiger partial charge in [-0.3, -0.25) is 0 Å². The maximum Gasteiger partial charge on any atom is 0.217 e. The van der Waals surface area contributed by atoms with Gasteiger partial charge in [0, 0.05) is 5.56 Å². The standard InChI is InChI=1S/C9H10O3/c10-12-9-8-4-2-1-3-7(8)5-6-11-9/h1-4,9-10H,5-6H2. The lowest BCUT2D eigenvalue weighted by Crippen LogP contribution is -2.17. The topological polar surface area (TPSA) is 38.7 Å². The zero-order valence-electron chi connectivity index (χ0n) is 6.56. The minimum absolute atomic E-state index is 0.599.